The SMILES string of the molecule is COc1cccc(-n2c(=O)c3c(ncn3Cc3ccccc3)c3cccnc32)c1. The van der Waals surface area contributed by atoms with Crippen molar-refractivity contribution in [2.75, 3.05) is 7.11 Å². The van der Waals surface area contributed by atoms with E-state index in [1.165, 1.54) is 0 Å². The Bertz CT molecular complexity index is 1390. The molecule has 29 heavy (non-hydrogen) atoms. The van der Waals surface area contributed by atoms with Gasteiger partial charge in [0.15, 0.2) is 0 Å². The summed E-state index contributed by atoms with van der Waals surface area (Å²) < 4.78 is 8.88. The Morgan fingerprint density at radius 2 is 1.83 bits per heavy atom. The summed E-state index contributed by atoms with van der Waals surface area (Å²) in [7, 11) is 1.61. The number of hydrogen-bond acceptors (Lipinski definition) is 4. The van der Waals surface area contributed by atoms with Gasteiger partial charge in [-0.3, -0.25) is 9.36 Å². The van der Waals surface area contributed by atoms with E-state index in [1.54, 1.807) is 24.2 Å². The Morgan fingerprint density at radius 3 is 2.66 bits per heavy atom. The van der Waals surface area contributed by atoms with Crippen molar-refractivity contribution in [1.82, 2.24) is 19.1 Å². The molecule has 142 valence electrons. The Kier molecular flexibility index (Phi) is 4.09. The van der Waals surface area contributed by atoms with Gasteiger partial charge >= 0.3 is 0 Å². The van der Waals surface area contributed by atoms with Gasteiger partial charge in [0.25, 0.3) is 5.56 Å². The molecule has 0 saturated heterocycles. The largest absolute Gasteiger partial charge is 0.497 e. The van der Waals surface area contributed by atoms with E-state index >= 15 is 0 Å². The maximum absolute atomic E-state index is 13.6. The third-order valence-corrected chi connectivity index (χ3v) is 5.00. The van der Waals surface area contributed by atoms with E-state index in [1.807, 2.05) is 71.3 Å². The first kappa shape index (κ1) is 17.2. The van der Waals surface area contributed by atoms with Crippen molar-refractivity contribution in [1.29, 1.82) is 0 Å². The average Bonchev–Trinajstić information content (AvgIpc) is 3.19. The van der Waals surface area contributed by atoms with Gasteiger partial charge in [0, 0.05) is 24.2 Å². The number of imidazole rings is 1. The first-order chi connectivity index (χ1) is 14.3. The Morgan fingerprint density at radius 1 is 0.966 bits per heavy atom. The van der Waals surface area contributed by atoms with Crippen LogP contribution < -0.4 is 10.3 Å². The van der Waals surface area contributed by atoms with Gasteiger partial charge in [-0.25, -0.2) is 9.97 Å². The lowest BCUT2D eigenvalue weighted by Crippen LogP contribution is -2.22. The summed E-state index contributed by atoms with van der Waals surface area (Å²) in [5, 5.41) is 0.830. The highest BCUT2D eigenvalue weighted by molar-refractivity contribution is 6.01. The minimum absolute atomic E-state index is 0.159. The molecule has 0 saturated carbocycles. The quantitative estimate of drug-likeness (QED) is 0.474. The molecule has 5 aromatic rings. The zero-order valence-corrected chi connectivity index (χ0v) is 15.8. The van der Waals surface area contributed by atoms with Gasteiger partial charge in [0.05, 0.1) is 19.1 Å². The summed E-state index contributed by atoms with van der Waals surface area (Å²) in [6, 6.07) is 21.3. The summed E-state index contributed by atoms with van der Waals surface area (Å²) in [6.07, 6.45) is 3.41. The van der Waals surface area contributed by atoms with Crippen LogP contribution in [0, 0.1) is 0 Å². The number of benzene rings is 2. The molecule has 0 amide bonds. The predicted molar refractivity (Wildman–Crippen MR) is 113 cm³/mol. The van der Waals surface area contributed by atoms with Crippen molar-refractivity contribution in [3.63, 3.8) is 0 Å². The monoisotopic (exact) mass is 382 g/mol. The average molecular weight is 382 g/mol. The highest BCUT2D eigenvalue weighted by Gasteiger charge is 2.18. The van der Waals surface area contributed by atoms with E-state index in [2.05, 4.69) is 9.97 Å². The van der Waals surface area contributed by atoms with Crippen LogP contribution in [0.15, 0.2) is 84.0 Å². The molecule has 0 spiro atoms. The van der Waals surface area contributed by atoms with E-state index in [4.69, 9.17) is 4.74 Å². The molecule has 6 nitrogen and oxygen atoms in total. The van der Waals surface area contributed by atoms with E-state index in [0.29, 0.717) is 34.7 Å². The number of hydrogen-bond donors (Lipinski definition) is 0. The van der Waals surface area contributed by atoms with Crippen molar-refractivity contribution < 1.29 is 4.74 Å². The highest BCUT2D eigenvalue weighted by Crippen LogP contribution is 2.24. The smallest absolute Gasteiger partial charge is 0.282 e. The second-order valence-electron chi connectivity index (χ2n) is 6.77. The molecule has 0 atom stereocenters. The Balaban J connectivity index is 1.83. The van der Waals surface area contributed by atoms with Crippen LogP contribution in [0.5, 0.6) is 5.75 Å². The van der Waals surface area contributed by atoms with Gasteiger partial charge in [-0.1, -0.05) is 36.4 Å². The molecular formula is C23H18N4O2. The molecule has 0 aliphatic rings. The van der Waals surface area contributed by atoms with Crippen molar-refractivity contribution >= 4 is 22.1 Å². The molecule has 0 unspecified atom stereocenters. The number of methoxy groups -OCH3 is 1. The van der Waals surface area contributed by atoms with E-state index < -0.39 is 0 Å². The van der Waals surface area contributed by atoms with Crippen LogP contribution in [0.4, 0.5) is 0 Å². The summed E-state index contributed by atoms with van der Waals surface area (Å²) in [5.41, 5.74) is 3.43. The zero-order valence-electron chi connectivity index (χ0n) is 15.8. The number of rotatable bonds is 4. The zero-order chi connectivity index (χ0) is 19.8. The summed E-state index contributed by atoms with van der Waals surface area (Å²) >= 11 is 0. The summed E-state index contributed by atoms with van der Waals surface area (Å²) in [4.78, 5) is 22.7. The van der Waals surface area contributed by atoms with Crippen molar-refractivity contribution in [3.8, 4) is 11.4 Å². The van der Waals surface area contributed by atoms with Crippen LogP contribution in [-0.2, 0) is 6.54 Å². The molecular weight excluding hydrogens is 364 g/mol. The lowest BCUT2D eigenvalue weighted by molar-refractivity contribution is 0.414. The van der Waals surface area contributed by atoms with Crippen molar-refractivity contribution in [2.45, 2.75) is 6.54 Å². The van der Waals surface area contributed by atoms with Gasteiger partial charge in [-0.15, -0.1) is 0 Å². The molecule has 0 radical (unpaired) electrons. The Hall–Kier alpha value is -3.93. The number of fused-ring (bicyclic) bond motifs is 3. The van der Waals surface area contributed by atoms with Crippen LogP contribution in [0.2, 0.25) is 0 Å². The van der Waals surface area contributed by atoms with Crippen LogP contribution in [0.1, 0.15) is 5.56 Å². The molecule has 0 aliphatic carbocycles. The lowest BCUT2D eigenvalue weighted by Gasteiger charge is -2.12. The fraction of sp³-hybridized carbons (Fsp3) is 0.0870. The van der Waals surface area contributed by atoms with Gasteiger partial charge in [-0.2, -0.15) is 0 Å². The molecule has 0 fully saturated rings. The van der Waals surface area contributed by atoms with E-state index in [9.17, 15) is 4.79 Å². The van der Waals surface area contributed by atoms with Crippen LogP contribution in [0.25, 0.3) is 27.8 Å². The van der Waals surface area contributed by atoms with Crippen LogP contribution in [0.3, 0.4) is 0 Å². The van der Waals surface area contributed by atoms with Gasteiger partial charge in [-0.05, 0) is 29.8 Å². The fourth-order valence-electron chi connectivity index (χ4n) is 3.65. The Labute approximate surface area is 166 Å². The highest BCUT2D eigenvalue weighted by atomic mass is 16.5. The number of aromatic nitrogens is 4. The second kappa shape index (κ2) is 6.91. The van der Waals surface area contributed by atoms with E-state index in [-0.39, 0.29) is 5.56 Å². The van der Waals surface area contributed by atoms with E-state index in [0.717, 1.165) is 10.9 Å². The van der Waals surface area contributed by atoms with Crippen LogP contribution >= 0.6 is 0 Å². The number of pyridine rings is 2. The minimum atomic E-state index is -0.159. The topological polar surface area (TPSA) is 61.9 Å². The third-order valence-electron chi connectivity index (χ3n) is 5.00. The maximum Gasteiger partial charge on any atom is 0.282 e. The standard InChI is InChI=1S/C23H18N4O2/c1-29-18-10-5-9-17(13-18)27-22-19(11-6-12-24-22)20-21(23(27)28)26(15-25-20)14-16-7-3-2-4-8-16/h2-13,15H,14H2,1H3. The van der Waals surface area contributed by atoms with Crippen LogP contribution in [-0.4, -0.2) is 26.2 Å². The molecule has 0 aliphatic heterocycles. The summed E-state index contributed by atoms with van der Waals surface area (Å²) in [6.45, 7) is 0.566. The molecule has 0 bridgehead atoms. The number of ether oxygens (including phenoxy) is 1. The minimum Gasteiger partial charge on any atom is -0.497 e. The fourth-order valence-corrected chi connectivity index (χ4v) is 3.65. The normalized spacial score (nSPS) is 11.2. The van der Waals surface area contributed by atoms with Crippen molar-refractivity contribution in [3.05, 3.63) is 95.2 Å². The molecule has 0 N–H and O–H groups in total. The first-order valence-corrected chi connectivity index (χ1v) is 9.29. The van der Waals surface area contributed by atoms with Crippen molar-refractivity contribution in [2.24, 2.45) is 0 Å². The molecule has 3 heterocycles. The lowest BCUT2D eigenvalue weighted by atomic mass is 10.2. The molecule has 6 heteroatoms. The second-order valence-corrected chi connectivity index (χ2v) is 6.77. The third kappa shape index (κ3) is 2.86. The predicted octanol–water partition coefficient (Wildman–Crippen LogP) is 3.79. The number of nitrogens with zero attached hydrogens (tertiary/aromatic N) is 4. The van der Waals surface area contributed by atoms with Gasteiger partial charge < -0.3 is 9.30 Å². The van der Waals surface area contributed by atoms with Gasteiger partial charge in [0.2, 0.25) is 0 Å². The molecule has 5 rings (SSSR count). The maximum atomic E-state index is 13.6. The van der Waals surface area contributed by atoms with Gasteiger partial charge in [0.1, 0.15) is 22.4 Å². The summed E-state index contributed by atoms with van der Waals surface area (Å²) in [5.74, 6) is 0.677. The molecule has 3 aromatic heterocycles. The first-order valence-electron chi connectivity index (χ1n) is 9.29. The molecule has 2 aromatic carbocycles.